The monoisotopic (exact) mass is 276 g/mol. The van der Waals surface area contributed by atoms with Crippen molar-refractivity contribution < 1.29 is 0 Å². The van der Waals surface area contributed by atoms with E-state index in [2.05, 4.69) is 59.4 Å². The molecule has 0 aromatic heterocycles. The Balaban J connectivity index is 4.12. The summed E-state index contributed by atoms with van der Waals surface area (Å²) in [6.45, 7) is 13.6. The molecule has 0 saturated carbocycles. The fraction of sp³-hybridized carbons (Fsp3) is 0.750. The largest absolute Gasteiger partial charge is 0.123 e. The summed E-state index contributed by atoms with van der Waals surface area (Å²) in [5, 5.41) is 0. The molecule has 0 heteroatoms. The van der Waals surface area contributed by atoms with Crippen LogP contribution in [0, 0.1) is 11.8 Å². The molecule has 2 unspecified atom stereocenters. The lowest BCUT2D eigenvalue weighted by Gasteiger charge is -2.19. The van der Waals surface area contributed by atoms with Gasteiger partial charge in [-0.2, -0.15) is 0 Å². The van der Waals surface area contributed by atoms with Gasteiger partial charge in [-0.05, 0) is 69.4 Å². The smallest absolute Gasteiger partial charge is 0.0218 e. The van der Waals surface area contributed by atoms with E-state index < -0.39 is 0 Å². The van der Waals surface area contributed by atoms with Crippen LogP contribution in [-0.2, 0) is 0 Å². The van der Waals surface area contributed by atoms with E-state index in [0.717, 1.165) is 11.8 Å². The average Bonchev–Trinajstić information content (AvgIpc) is 2.38. The molecule has 0 aromatic rings. The van der Waals surface area contributed by atoms with E-state index in [9.17, 15) is 0 Å². The molecule has 0 N–H and O–H groups in total. The van der Waals surface area contributed by atoms with Crippen LogP contribution in [0.5, 0.6) is 0 Å². The Bertz CT molecular complexity index is 326. The second kappa shape index (κ2) is 12.0. The van der Waals surface area contributed by atoms with Crippen molar-refractivity contribution in [3.05, 3.63) is 29.0 Å². The fourth-order valence-corrected chi connectivity index (χ4v) is 2.72. The molecule has 0 amide bonds. The Labute approximate surface area is 128 Å². The van der Waals surface area contributed by atoms with Crippen molar-refractivity contribution >= 4 is 0 Å². The molecule has 0 fully saturated rings. The molecule has 0 aliphatic rings. The summed E-state index contributed by atoms with van der Waals surface area (Å²) in [7, 11) is 0. The van der Waals surface area contributed by atoms with Crippen LogP contribution in [0.4, 0.5) is 0 Å². The van der Waals surface area contributed by atoms with Crippen LogP contribution < -0.4 is 0 Å². The number of unbranched alkanes of at least 4 members (excludes halogenated alkanes) is 2. The van der Waals surface area contributed by atoms with Crippen molar-refractivity contribution in [3.8, 4) is 0 Å². The van der Waals surface area contributed by atoms with Gasteiger partial charge in [-0.15, -0.1) is 5.73 Å². The van der Waals surface area contributed by atoms with E-state index in [1.54, 1.807) is 0 Å². The highest BCUT2D eigenvalue weighted by atomic mass is 14.2. The molecule has 116 valence electrons. The highest BCUT2D eigenvalue weighted by molar-refractivity contribution is 5.06. The van der Waals surface area contributed by atoms with Crippen LogP contribution in [0.25, 0.3) is 0 Å². The fourth-order valence-electron chi connectivity index (χ4n) is 2.72. The Morgan fingerprint density at radius 1 is 1.05 bits per heavy atom. The van der Waals surface area contributed by atoms with Gasteiger partial charge >= 0.3 is 0 Å². The molecule has 0 nitrogen and oxygen atoms in total. The topological polar surface area (TPSA) is 0 Å². The average molecular weight is 277 g/mol. The normalized spacial score (nSPS) is 14.1. The van der Waals surface area contributed by atoms with E-state index in [1.165, 1.54) is 56.1 Å². The van der Waals surface area contributed by atoms with Crippen molar-refractivity contribution in [1.29, 1.82) is 0 Å². The molecule has 2 atom stereocenters. The first-order valence-corrected chi connectivity index (χ1v) is 8.54. The minimum absolute atomic E-state index is 0.777. The van der Waals surface area contributed by atoms with E-state index in [-0.39, 0.29) is 0 Å². The Kier molecular flexibility index (Phi) is 11.6. The van der Waals surface area contributed by atoms with E-state index in [0.29, 0.717) is 0 Å². The lowest BCUT2D eigenvalue weighted by Crippen LogP contribution is -2.08. The van der Waals surface area contributed by atoms with Crippen molar-refractivity contribution in [2.75, 3.05) is 0 Å². The van der Waals surface area contributed by atoms with E-state index in [1.807, 2.05) is 0 Å². The summed E-state index contributed by atoms with van der Waals surface area (Å²) in [4.78, 5) is 0. The van der Waals surface area contributed by atoms with E-state index >= 15 is 0 Å². The second-order valence-electron chi connectivity index (χ2n) is 6.45. The molecule has 0 aromatic carbocycles. The van der Waals surface area contributed by atoms with Gasteiger partial charge in [-0.1, -0.05) is 52.2 Å². The molecular weight excluding hydrogens is 240 g/mol. The summed E-state index contributed by atoms with van der Waals surface area (Å²) in [5.41, 5.74) is 6.42. The number of hydrogen-bond donors (Lipinski definition) is 0. The van der Waals surface area contributed by atoms with Crippen LogP contribution in [0.15, 0.2) is 29.0 Å². The van der Waals surface area contributed by atoms with Crippen LogP contribution in [-0.4, -0.2) is 0 Å². The third kappa shape index (κ3) is 10.1. The standard InChI is InChI=1S/C20H36/c1-7-9-10-11-12-14-19(5)20(6)16-18(4)15-17(3)13-8-2/h7,9,19-20H,8,10-14,16H2,1-6H3. The minimum Gasteiger partial charge on any atom is -0.123 e. The highest BCUT2D eigenvalue weighted by Crippen LogP contribution is 2.24. The first-order valence-electron chi connectivity index (χ1n) is 8.54. The van der Waals surface area contributed by atoms with Crippen LogP contribution in [0.3, 0.4) is 0 Å². The van der Waals surface area contributed by atoms with Crippen LogP contribution in [0.1, 0.15) is 86.5 Å². The molecular formula is C20H36. The second-order valence-corrected chi connectivity index (χ2v) is 6.45. The quantitative estimate of drug-likeness (QED) is 0.227. The Hall–Kier alpha value is -0.740. The van der Waals surface area contributed by atoms with Gasteiger partial charge in [0.1, 0.15) is 0 Å². The van der Waals surface area contributed by atoms with Gasteiger partial charge < -0.3 is 0 Å². The van der Waals surface area contributed by atoms with Gasteiger partial charge in [0.25, 0.3) is 0 Å². The maximum absolute atomic E-state index is 3.57. The number of rotatable bonds is 10. The SMILES string of the molecule is CC=CCCCCC(C)C(C)CC(C)=C=C(C)CCC. The summed E-state index contributed by atoms with van der Waals surface area (Å²) in [5.74, 6) is 1.60. The van der Waals surface area contributed by atoms with Gasteiger partial charge in [0.05, 0.1) is 0 Å². The zero-order chi connectivity index (χ0) is 15.4. The first-order chi connectivity index (χ1) is 9.51. The van der Waals surface area contributed by atoms with Crippen LogP contribution >= 0.6 is 0 Å². The number of allylic oxidation sites excluding steroid dienone is 3. The number of hydrogen-bond acceptors (Lipinski definition) is 0. The first kappa shape index (κ1) is 19.3. The predicted octanol–water partition coefficient (Wildman–Crippen LogP) is 7.08. The highest BCUT2D eigenvalue weighted by Gasteiger charge is 2.12. The van der Waals surface area contributed by atoms with Crippen molar-refractivity contribution in [3.63, 3.8) is 0 Å². The Morgan fingerprint density at radius 2 is 1.75 bits per heavy atom. The molecule has 0 heterocycles. The molecule has 0 radical (unpaired) electrons. The molecule has 0 aliphatic carbocycles. The zero-order valence-electron chi connectivity index (χ0n) is 14.8. The Morgan fingerprint density at radius 3 is 2.35 bits per heavy atom. The molecule has 20 heavy (non-hydrogen) atoms. The lowest BCUT2D eigenvalue weighted by atomic mass is 9.86. The summed E-state index contributed by atoms with van der Waals surface area (Å²) in [6, 6.07) is 0. The third-order valence-corrected chi connectivity index (χ3v) is 4.17. The predicted molar refractivity (Wildman–Crippen MR) is 93.0 cm³/mol. The van der Waals surface area contributed by atoms with Crippen molar-refractivity contribution in [2.24, 2.45) is 11.8 Å². The maximum atomic E-state index is 3.57. The van der Waals surface area contributed by atoms with Gasteiger partial charge in [-0.3, -0.25) is 0 Å². The summed E-state index contributed by atoms with van der Waals surface area (Å²) < 4.78 is 0. The van der Waals surface area contributed by atoms with Gasteiger partial charge in [0.2, 0.25) is 0 Å². The molecule has 0 aliphatic heterocycles. The maximum Gasteiger partial charge on any atom is -0.0218 e. The minimum atomic E-state index is 0.777. The van der Waals surface area contributed by atoms with Gasteiger partial charge in [-0.25, -0.2) is 0 Å². The van der Waals surface area contributed by atoms with E-state index in [4.69, 9.17) is 0 Å². The van der Waals surface area contributed by atoms with Crippen molar-refractivity contribution in [1.82, 2.24) is 0 Å². The third-order valence-electron chi connectivity index (χ3n) is 4.17. The van der Waals surface area contributed by atoms with Gasteiger partial charge in [0, 0.05) is 0 Å². The lowest BCUT2D eigenvalue weighted by molar-refractivity contribution is 0.351. The van der Waals surface area contributed by atoms with Crippen molar-refractivity contribution in [2.45, 2.75) is 86.5 Å². The molecule has 0 bridgehead atoms. The molecule has 0 spiro atoms. The summed E-state index contributed by atoms with van der Waals surface area (Å²) in [6.07, 6.45) is 13.4. The summed E-state index contributed by atoms with van der Waals surface area (Å²) >= 11 is 0. The zero-order valence-corrected chi connectivity index (χ0v) is 14.8. The molecule has 0 rings (SSSR count). The van der Waals surface area contributed by atoms with Crippen LogP contribution in [0.2, 0.25) is 0 Å². The molecule has 0 saturated heterocycles. The van der Waals surface area contributed by atoms with Gasteiger partial charge in [0.15, 0.2) is 0 Å².